The van der Waals surface area contributed by atoms with Crippen LogP contribution < -0.4 is 5.73 Å². The zero-order valence-corrected chi connectivity index (χ0v) is 8.40. The molecule has 5 nitrogen and oxygen atoms in total. The molecule has 1 aliphatic carbocycles. The van der Waals surface area contributed by atoms with Crippen molar-refractivity contribution in [1.82, 2.24) is 0 Å². The monoisotopic (exact) mass is 219 g/mol. The third-order valence-corrected chi connectivity index (χ3v) is 3.62. The van der Waals surface area contributed by atoms with Crippen LogP contribution in [-0.4, -0.2) is 31.1 Å². The molecule has 6 heteroatoms. The Labute approximate surface area is 82.7 Å². The smallest absolute Gasteiger partial charge is 0.271 e. The average molecular weight is 219 g/mol. The number of hydrogen-bond donors (Lipinski definition) is 2. The second-order valence-electron chi connectivity index (χ2n) is 3.35. The van der Waals surface area contributed by atoms with E-state index < -0.39 is 15.4 Å². The molecular formula is C8H13NO4S. The lowest BCUT2D eigenvalue weighted by molar-refractivity contribution is -0.111. The molecule has 2 atom stereocenters. The highest BCUT2D eigenvalue weighted by Crippen LogP contribution is 2.26. The van der Waals surface area contributed by atoms with Gasteiger partial charge in [0.05, 0.1) is 0 Å². The van der Waals surface area contributed by atoms with Gasteiger partial charge in [0, 0.05) is 12.5 Å². The Kier molecular flexibility index (Phi) is 3.41. The van der Waals surface area contributed by atoms with Gasteiger partial charge in [0.2, 0.25) is 0 Å². The van der Waals surface area contributed by atoms with Crippen LogP contribution in [0.4, 0.5) is 0 Å². The van der Waals surface area contributed by atoms with E-state index in [0.29, 0.717) is 18.3 Å². The van der Waals surface area contributed by atoms with Crippen molar-refractivity contribution < 1.29 is 17.8 Å². The topological polar surface area (TPSA) is 97.5 Å². The van der Waals surface area contributed by atoms with Crippen molar-refractivity contribution in [2.24, 2.45) is 11.7 Å². The van der Waals surface area contributed by atoms with Gasteiger partial charge in [-0.05, 0) is 18.4 Å². The molecule has 0 bridgehead atoms. The first-order chi connectivity index (χ1) is 6.49. The molecule has 0 aromatic rings. The second-order valence-corrected chi connectivity index (χ2v) is 4.95. The Hall–Kier alpha value is -0.720. The summed E-state index contributed by atoms with van der Waals surface area (Å²) in [5, 5.41) is -1.00. The van der Waals surface area contributed by atoms with Crippen LogP contribution in [0.5, 0.6) is 0 Å². The van der Waals surface area contributed by atoms with Gasteiger partial charge in [0.15, 0.2) is 0 Å². The highest BCUT2D eigenvalue weighted by Gasteiger charge is 2.32. The fourth-order valence-corrected chi connectivity index (χ4v) is 2.66. The summed E-state index contributed by atoms with van der Waals surface area (Å²) in [5.74, 6) is -0.336. The van der Waals surface area contributed by atoms with Crippen LogP contribution >= 0.6 is 0 Å². The van der Waals surface area contributed by atoms with Crippen molar-refractivity contribution in [3.05, 3.63) is 11.6 Å². The maximum Gasteiger partial charge on any atom is 0.271 e. The van der Waals surface area contributed by atoms with Crippen LogP contribution in [-0.2, 0) is 14.9 Å². The molecule has 0 aromatic carbocycles. The lowest BCUT2D eigenvalue weighted by atomic mass is 9.90. The van der Waals surface area contributed by atoms with E-state index in [1.807, 2.05) is 0 Å². The van der Waals surface area contributed by atoms with Gasteiger partial charge in [0.1, 0.15) is 11.5 Å². The molecule has 0 aromatic heterocycles. The summed E-state index contributed by atoms with van der Waals surface area (Å²) in [4.78, 5) is 10.5. The molecule has 1 aliphatic rings. The molecule has 0 radical (unpaired) electrons. The highest BCUT2D eigenvalue weighted by atomic mass is 32.2. The first kappa shape index (κ1) is 11.4. The van der Waals surface area contributed by atoms with Gasteiger partial charge in [-0.2, -0.15) is 8.42 Å². The number of nitrogens with two attached hydrogens (primary N) is 1. The normalized spacial score (nSPS) is 28.3. The van der Waals surface area contributed by atoms with Crippen LogP contribution in [0.1, 0.15) is 12.8 Å². The minimum absolute atomic E-state index is 0.0933. The molecule has 80 valence electrons. The second kappa shape index (κ2) is 4.20. The van der Waals surface area contributed by atoms with E-state index >= 15 is 0 Å². The Bertz CT molecular complexity index is 346. The van der Waals surface area contributed by atoms with Gasteiger partial charge < -0.3 is 10.5 Å². The first-order valence-electron chi connectivity index (χ1n) is 4.29. The molecular weight excluding hydrogens is 206 g/mol. The van der Waals surface area contributed by atoms with Gasteiger partial charge >= 0.3 is 0 Å². The molecule has 0 spiro atoms. The molecule has 0 aliphatic heterocycles. The van der Waals surface area contributed by atoms with E-state index in [0.717, 1.165) is 0 Å². The number of rotatable bonds is 3. The Morgan fingerprint density at radius 1 is 1.64 bits per heavy atom. The molecule has 1 rings (SSSR count). The van der Waals surface area contributed by atoms with E-state index in [-0.39, 0.29) is 18.9 Å². The van der Waals surface area contributed by atoms with E-state index in [9.17, 15) is 13.2 Å². The van der Waals surface area contributed by atoms with Crippen molar-refractivity contribution >= 4 is 16.4 Å². The third kappa shape index (κ3) is 2.40. The summed E-state index contributed by atoms with van der Waals surface area (Å²) in [7, 11) is -4.14. The summed E-state index contributed by atoms with van der Waals surface area (Å²) in [6.45, 7) is 0.0933. The van der Waals surface area contributed by atoms with E-state index in [1.165, 1.54) is 0 Å². The standard InChI is InChI=1S/C8H13NO4S/c9-4-7-2-1-6(5-10)3-8(7)14(11,12)13/h2,5-6,8H,1,3-4,9H2,(H,11,12,13). The molecule has 14 heavy (non-hydrogen) atoms. The van der Waals surface area contributed by atoms with E-state index in [4.69, 9.17) is 10.3 Å². The van der Waals surface area contributed by atoms with Crippen LogP contribution in [0, 0.1) is 5.92 Å². The van der Waals surface area contributed by atoms with Gasteiger partial charge in [-0.1, -0.05) is 6.08 Å². The summed E-state index contributed by atoms with van der Waals surface area (Å²) in [6, 6.07) is 0. The van der Waals surface area contributed by atoms with Crippen molar-refractivity contribution in [2.75, 3.05) is 6.54 Å². The van der Waals surface area contributed by atoms with Crippen molar-refractivity contribution in [3.8, 4) is 0 Å². The predicted molar refractivity (Wildman–Crippen MR) is 51.3 cm³/mol. The quantitative estimate of drug-likeness (QED) is 0.387. The maximum atomic E-state index is 11.0. The van der Waals surface area contributed by atoms with Crippen LogP contribution in [0.3, 0.4) is 0 Å². The van der Waals surface area contributed by atoms with Crippen LogP contribution in [0.25, 0.3) is 0 Å². The summed E-state index contributed by atoms with van der Waals surface area (Å²) >= 11 is 0. The minimum atomic E-state index is -4.14. The highest BCUT2D eigenvalue weighted by molar-refractivity contribution is 7.86. The number of hydrogen-bond acceptors (Lipinski definition) is 4. The third-order valence-electron chi connectivity index (χ3n) is 2.40. The average Bonchev–Trinajstić information content (AvgIpc) is 2.15. The number of carbonyl (C=O) groups excluding carboxylic acids is 1. The largest absolute Gasteiger partial charge is 0.327 e. The van der Waals surface area contributed by atoms with Gasteiger partial charge in [-0.25, -0.2) is 0 Å². The molecule has 3 N–H and O–H groups in total. The minimum Gasteiger partial charge on any atom is -0.327 e. The summed E-state index contributed by atoms with van der Waals surface area (Å²) < 4.78 is 30.8. The predicted octanol–water partition coefficient (Wildman–Crippen LogP) is -0.263. The SMILES string of the molecule is NCC1=CCC(C=O)CC1S(=O)(=O)O. The van der Waals surface area contributed by atoms with Crippen LogP contribution in [0.2, 0.25) is 0 Å². The van der Waals surface area contributed by atoms with Gasteiger partial charge in [0.25, 0.3) is 10.1 Å². The first-order valence-corrected chi connectivity index (χ1v) is 5.80. The lowest BCUT2D eigenvalue weighted by Gasteiger charge is -2.24. The maximum absolute atomic E-state index is 11.0. The van der Waals surface area contributed by atoms with E-state index in [1.54, 1.807) is 6.08 Å². The van der Waals surface area contributed by atoms with Crippen molar-refractivity contribution in [1.29, 1.82) is 0 Å². The van der Waals surface area contributed by atoms with Gasteiger partial charge in [-0.15, -0.1) is 0 Å². The molecule has 0 amide bonds. The molecule has 2 unspecified atom stereocenters. The zero-order valence-electron chi connectivity index (χ0n) is 7.59. The Morgan fingerprint density at radius 3 is 2.71 bits per heavy atom. The summed E-state index contributed by atoms with van der Waals surface area (Å²) in [6.07, 6.45) is 2.97. The molecule has 0 saturated carbocycles. The Balaban J connectivity index is 2.96. The summed E-state index contributed by atoms with van der Waals surface area (Å²) in [5.41, 5.74) is 5.84. The Morgan fingerprint density at radius 2 is 2.29 bits per heavy atom. The number of allylic oxidation sites excluding steroid dienone is 1. The molecule has 0 fully saturated rings. The van der Waals surface area contributed by atoms with Gasteiger partial charge in [-0.3, -0.25) is 4.55 Å². The fourth-order valence-electron chi connectivity index (χ4n) is 1.60. The molecule has 0 heterocycles. The fraction of sp³-hybridized carbons (Fsp3) is 0.625. The lowest BCUT2D eigenvalue weighted by Crippen LogP contribution is -2.32. The molecule has 0 saturated heterocycles. The number of aldehydes is 1. The zero-order chi connectivity index (χ0) is 10.8. The van der Waals surface area contributed by atoms with Crippen LogP contribution in [0.15, 0.2) is 11.6 Å². The van der Waals surface area contributed by atoms with Crippen molar-refractivity contribution in [2.45, 2.75) is 18.1 Å². The van der Waals surface area contributed by atoms with Crippen molar-refractivity contribution in [3.63, 3.8) is 0 Å². The van der Waals surface area contributed by atoms with E-state index in [2.05, 4.69) is 0 Å². The number of carbonyl (C=O) groups is 1.